The van der Waals surface area contributed by atoms with E-state index in [0.717, 1.165) is 16.7 Å². The Kier molecular flexibility index (Phi) is 5.75. The zero-order chi connectivity index (χ0) is 17.9. The van der Waals surface area contributed by atoms with Crippen LogP contribution in [0.5, 0.6) is 0 Å². The summed E-state index contributed by atoms with van der Waals surface area (Å²) in [5.74, 6) is -1.47. The third-order valence-electron chi connectivity index (χ3n) is 3.08. The van der Waals surface area contributed by atoms with Crippen LogP contribution >= 0.6 is 24.0 Å². The fourth-order valence-electron chi connectivity index (χ4n) is 1.88. The molecule has 0 radical (unpaired) electrons. The van der Waals surface area contributed by atoms with Gasteiger partial charge in [0.2, 0.25) is 0 Å². The molecule has 1 fully saturated rings. The van der Waals surface area contributed by atoms with Gasteiger partial charge in [-0.1, -0.05) is 36.1 Å². The lowest BCUT2D eigenvalue weighted by Crippen LogP contribution is -2.32. The topological polar surface area (TPSA) is 101 Å². The van der Waals surface area contributed by atoms with Crippen molar-refractivity contribution in [2.24, 2.45) is 0 Å². The molecule has 1 amide bonds. The van der Waals surface area contributed by atoms with Crippen molar-refractivity contribution in [1.82, 2.24) is 4.90 Å². The Morgan fingerprint density at radius 1 is 1.38 bits per heavy atom. The number of hydrogen-bond acceptors (Lipinski definition) is 7. The Morgan fingerprint density at radius 2 is 2.00 bits per heavy atom. The Bertz CT molecular complexity index is 813. The van der Waals surface area contributed by atoms with Crippen LogP contribution in [0.25, 0.3) is 6.08 Å². The summed E-state index contributed by atoms with van der Waals surface area (Å²) in [7, 11) is -2.89. The molecule has 1 aromatic rings. The Labute approximate surface area is 148 Å². The molecule has 1 aliphatic rings. The lowest BCUT2D eigenvalue weighted by atomic mass is 10.1. The van der Waals surface area contributed by atoms with Gasteiger partial charge in [-0.3, -0.25) is 14.2 Å². The minimum absolute atomic E-state index is 0.206. The van der Waals surface area contributed by atoms with E-state index in [1.165, 1.54) is 7.11 Å². The maximum atomic E-state index is 12.3. The van der Waals surface area contributed by atoms with Crippen LogP contribution in [-0.4, -0.2) is 53.5 Å². The van der Waals surface area contributed by atoms with Crippen molar-refractivity contribution in [2.75, 3.05) is 19.4 Å². The summed E-state index contributed by atoms with van der Waals surface area (Å²) in [4.78, 5) is 25.1. The van der Waals surface area contributed by atoms with Gasteiger partial charge in [0.15, 0.2) is 0 Å². The molecule has 1 aromatic carbocycles. The minimum atomic E-state index is -4.18. The standard InChI is InChI=1S/C14H13NO6S3/c1-21-13(17)10-4-2-9(3-5-10)8-11-12(16)15(14(22)23-11)6-7-24(18,19)20/h2-5,8H,6-7H2,1H3,(H,18,19,20). The predicted molar refractivity (Wildman–Crippen MR) is 94.1 cm³/mol. The largest absolute Gasteiger partial charge is 0.465 e. The van der Waals surface area contributed by atoms with Gasteiger partial charge in [-0.2, -0.15) is 8.42 Å². The smallest absolute Gasteiger partial charge is 0.337 e. The molecule has 0 aliphatic carbocycles. The van der Waals surface area contributed by atoms with Gasteiger partial charge < -0.3 is 4.74 Å². The van der Waals surface area contributed by atoms with Crippen molar-refractivity contribution < 1.29 is 27.3 Å². The molecule has 10 heteroatoms. The average Bonchev–Trinajstić information content (AvgIpc) is 2.78. The van der Waals surface area contributed by atoms with Crippen molar-refractivity contribution in [1.29, 1.82) is 0 Å². The molecule has 0 spiro atoms. The van der Waals surface area contributed by atoms with E-state index in [-0.39, 0.29) is 10.9 Å². The van der Waals surface area contributed by atoms with E-state index in [9.17, 15) is 18.0 Å². The predicted octanol–water partition coefficient (Wildman–Crippen LogP) is 1.56. The number of rotatable bonds is 5. The number of hydrogen-bond donors (Lipinski definition) is 1. The first kappa shape index (κ1) is 18.6. The summed E-state index contributed by atoms with van der Waals surface area (Å²) in [6, 6.07) is 6.43. The van der Waals surface area contributed by atoms with E-state index in [0.29, 0.717) is 16.0 Å². The van der Waals surface area contributed by atoms with E-state index in [2.05, 4.69) is 4.74 Å². The molecule has 0 saturated carbocycles. The highest BCUT2D eigenvalue weighted by Gasteiger charge is 2.32. The van der Waals surface area contributed by atoms with Gasteiger partial charge in [-0.05, 0) is 23.8 Å². The second-order valence-corrected chi connectivity index (χ2v) is 7.98. The number of amides is 1. The van der Waals surface area contributed by atoms with Crippen LogP contribution < -0.4 is 0 Å². The molecule has 1 heterocycles. The summed E-state index contributed by atoms with van der Waals surface area (Å²) in [6.07, 6.45) is 1.59. The average molecular weight is 387 g/mol. The molecule has 1 aliphatic heterocycles. The molecular formula is C14H13NO6S3. The number of carbonyl (C=O) groups is 2. The third-order valence-corrected chi connectivity index (χ3v) is 5.15. The van der Waals surface area contributed by atoms with Gasteiger partial charge >= 0.3 is 5.97 Å². The number of carbonyl (C=O) groups excluding carboxylic acids is 2. The number of benzene rings is 1. The van der Waals surface area contributed by atoms with Gasteiger partial charge in [0.25, 0.3) is 16.0 Å². The first-order valence-electron chi connectivity index (χ1n) is 6.60. The highest BCUT2D eigenvalue weighted by atomic mass is 32.2. The Morgan fingerprint density at radius 3 is 2.54 bits per heavy atom. The first-order chi connectivity index (χ1) is 11.2. The van der Waals surface area contributed by atoms with Gasteiger partial charge in [0.05, 0.1) is 23.3 Å². The maximum Gasteiger partial charge on any atom is 0.337 e. The van der Waals surface area contributed by atoms with E-state index in [1.807, 2.05) is 0 Å². The molecule has 7 nitrogen and oxygen atoms in total. The first-order valence-corrected chi connectivity index (χ1v) is 9.43. The number of thioether (sulfide) groups is 1. The molecule has 128 valence electrons. The van der Waals surface area contributed by atoms with Crippen LogP contribution in [0.2, 0.25) is 0 Å². The van der Waals surface area contributed by atoms with Crippen LogP contribution in [0, 0.1) is 0 Å². The summed E-state index contributed by atoms with van der Waals surface area (Å²) in [6.45, 7) is -0.206. The lowest BCUT2D eigenvalue weighted by molar-refractivity contribution is -0.121. The van der Waals surface area contributed by atoms with Gasteiger partial charge in [0.1, 0.15) is 4.32 Å². The highest BCUT2D eigenvalue weighted by Crippen LogP contribution is 2.32. The number of thiocarbonyl (C=S) groups is 1. The van der Waals surface area contributed by atoms with Crippen molar-refractivity contribution in [2.45, 2.75) is 0 Å². The van der Waals surface area contributed by atoms with Crippen LogP contribution in [0.3, 0.4) is 0 Å². The molecule has 1 saturated heterocycles. The van der Waals surface area contributed by atoms with Crippen molar-refractivity contribution in [3.63, 3.8) is 0 Å². The monoisotopic (exact) mass is 387 g/mol. The zero-order valence-electron chi connectivity index (χ0n) is 12.5. The molecule has 0 unspecified atom stereocenters. The second-order valence-electron chi connectivity index (χ2n) is 4.73. The van der Waals surface area contributed by atoms with Crippen LogP contribution in [0.1, 0.15) is 15.9 Å². The summed E-state index contributed by atoms with van der Waals surface area (Å²) >= 11 is 6.10. The zero-order valence-corrected chi connectivity index (χ0v) is 14.9. The number of esters is 1. The quantitative estimate of drug-likeness (QED) is 0.352. The van der Waals surface area contributed by atoms with Crippen molar-refractivity contribution in [3.05, 3.63) is 40.3 Å². The van der Waals surface area contributed by atoms with Crippen LogP contribution in [0.4, 0.5) is 0 Å². The molecule has 0 atom stereocenters. The fraction of sp³-hybridized carbons (Fsp3) is 0.214. The highest BCUT2D eigenvalue weighted by molar-refractivity contribution is 8.26. The molecular weight excluding hydrogens is 374 g/mol. The summed E-state index contributed by atoms with van der Waals surface area (Å²) in [5.41, 5.74) is 1.06. The van der Waals surface area contributed by atoms with E-state index >= 15 is 0 Å². The van der Waals surface area contributed by atoms with Crippen LogP contribution in [-0.2, 0) is 19.6 Å². The van der Waals surface area contributed by atoms with Crippen molar-refractivity contribution >= 4 is 56.4 Å². The van der Waals surface area contributed by atoms with Crippen molar-refractivity contribution in [3.8, 4) is 0 Å². The number of methoxy groups -OCH3 is 1. The number of ether oxygens (including phenoxy) is 1. The second kappa shape index (κ2) is 7.43. The van der Waals surface area contributed by atoms with E-state index < -0.39 is 27.7 Å². The SMILES string of the molecule is COC(=O)c1ccc(C=C2SC(=S)N(CCS(=O)(=O)O)C2=O)cc1. The Hall–Kier alpha value is -1.75. The van der Waals surface area contributed by atoms with E-state index in [4.69, 9.17) is 16.8 Å². The molecule has 0 bridgehead atoms. The van der Waals surface area contributed by atoms with Crippen LogP contribution in [0.15, 0.2) is 29.2 Å². The molecule has 2 rings (SSSR count). The lowest BCUT2D eigenvalue weighted by Gasteiger charge is -2.12. The minimum Gasteiger partial charge on any atom is -0.465 e. The Balaban J connectivity index is 2.15. The maximum absolute atomic E-state index is 12.3. The third kappa shape index (κ3) is 4.63. The summed E-state index contributed by atoms with van der Waals surface area (Å²) < 4.78 is 35.2. The fourth-order valence-corrected chi connectivity index (χ4v) is 3.61. The molecule has 24 heavy (non-hydrogen) atoms. The van der Waals surface area contributed by atoms with Gasteiger partial charge in [-0.15, -0.1) is 0 Å². The van der Waals surface area contributed by atoms with E-state index in [1.54, 1.807) is 30.3 Å². The van der Waals surface area contributed by atoms with Gasteiger partial charge in [-0.25, -0.2) is 4.79 Å². The van der Waals surface area contributed by atoms with Gasteiger partial charge in [0, 0.05) is 6.54 Å². The number of nitrogens with zero attached hydrogens (tertiary/aromatic N) is 1. The molecule has 1 N–H and O–H groups in total. The normalized spacial score (nSPS) is 16.8. The molecule has 0 aromatic heterocycles. The summed E-state index contributed by atoms with van der Waals surface area (Å²) in [5, 5.41) is 0.